The van der Waals surface area contributed by atoms with Crippen LogP contribution in [0.3, 0.4) is 0 Å². The van der Waals surface area contributed by atoms with E-state index in [9.17, 15) is 4.79 Å². The highest BCUT2D eigenvalue weighted by Gasteiger charge is 2.11. The van der Waals surface area contributed by atoms with Gasteiger partial charge in [-0.15, -0.1) is 0 Å². The smallest absolute Gasteiger partial charge is 0.340 e. The first-order valence-electron chi connectivity index (χ1n) is 5.91. The largest absolute Gasteiger partial charge is 0.462 e. The van der Waals surface area contributed by atoms with Crippen LogP contribution in [-0.4, -0.2) is 18.6 Å². The summed E-state index contributed by atoms with van der Waals surface area (Å²) in [6, 6.07) is 5.68. The molecule has 0 aliphatic heterocycles. The average molecular weight is 236 g/mol. The van der Waals surface area contributed by atoms with Gasteiger partial charge in [-0.1, -0.05) is 6.92 Å². The van der Waals surface area contributed by atoms with E-state index in [2.05, 4.69) is 19.2 Å². The van der Waals surface area contributed by atoms with Gasteiger partial charge < -0.3 is 15.8 Å². The fourth-order valence-electron chi connectivity index (χ4n) is 1.42. The Bertz CT molecular complexity index is 391. The number of benzene rings is 1. The minimum atomic E-state index is -0.377. The third-order valence-corrected chi connectivity index (χ3v) is 2.57. The van der Waals surface area contributed by atoms with Crippen LogP contribution in [-0.2, 0) is 4.74 Å². The van der Waals surface area contributed by atoms with E-state index < -0.39 is 0 Å². The Kier molecular flexibility index (Phi) is 4.82. The first-order chi connectivity index (χ1) is 8.08. The summed E-state index contributed by atoms with van der Waals surface area (Å²) in [6.45, 7) is 6.30. The van der Waals surface area contributed by atoms with Crippen molar-refractivity contribution in [2.24, 2.45) is 0 Å². The maximum absolute atomic E-state index is 11.6. The molecule has 0 aliphatic rings. The van der Waals surface area contributed by atoms with Crippen LogP contribution in [0.25, 0.3) is 0 Å². The molecule has 0 heterocycles. The number of rotatable bonds is 5. The SMILES string of the molecule is CCOC(=O)c1cc(NC(C)CC)ccc1N. The van der Waals surface area contributed by atoms with Crippen LogP contribution in [0.2, 0.25) is 0 Å². The number of esters is 1. The number of carbonyl (C=O) groups excluding carboxylic acids is 1. The van der Waals surface area contributed by atoms with Crippen LogP contribution in [0, 0.1) is 0 Å². The molecule has 0 saturated heterocycles. The summed E-state index contributed by atoms with van der Waals surface area (Å²) in [5.74, 6) is -0.377. The maximum atomic E-state index is 11.6. The lowest BCUT2D eigenvalue weighted by Crippen LogP contribution is -2.15. The highest BCUT2D eigenvalue weighted by molar-refractivity contribution is 5.96. The molecule has 17 heavy (non-hydrogen) atoms. The van der Waals surface area contributed by atoms with E-state index in [1.165, 1.54) is 0 Å². The maximum Gasteiger partial charge on any atom is 0.340 e. The highest BCUT2D eigenvalue weighted by Crippen LogP contribution is 2.19. The molecule has 0 aliphatic carbocycles. The van der Waals surface area contributed by atoms with E-state index in [1.807, 2.05) is 6.07 Å². The number of ether oxygens (including phenoxy) is 1. The van der Waals surface area contributed by atoms with Gasteiger partial charge in [0.15, 0.2) is 0 Å². The Morgan fingerprint density at radius 3 is 2.76 bits per heavy atom. The highest BCUT2D eigenvalue weighted by atomic mass is 16.5. The fourth-order valence-corrected chi connectivity index (χ4v) is 1.42. The lowest BCUT2D eigenvalue weighted by atomic mass is 10.1. The Morgan fingerprint density at radius 2 is 2.18 bits per heavy atom. The molecule has 0 radical (unpaired) electrons. The summed E-state index contributed by atoms with van der Waals surface area (Å²) in [5, 5.41) is 3.29. The molecule has 0 spiro atoms. The van der Waals surface area contributed by atoms with Crippen molar-refractivity contribution in [2.75, 3.05) is 17.7 Å². The predicted molar refractivity (Wildman–Crippen MR) is 70.2 cm³/mol. The number of nitrogens with two attached hydrogens (primary N) is 1. The lowest BCUT2D eigenvalue weighted by molar-refractivity contribution is 0.0527. The third kappa shape index (κ3) is 3.66. The molecule has 1 aromatic carbocycles. The Hall–Kier alpha value is -1.71. The molecule has 4 nitrogen and oxygen atoms in total. The van der Waals surface area contributed by atoms with E-state index in [0.717, 1.165) is 12.1 Å². The molecule has 1 rings (SSSR count). The average Bonchev–Trinajstić information content (AvgIpc) is 2.31. The monoisotopic (exact) mass is 236 g/mol. The number of anilines is 2. The molecule has 94 valence electrons. The molecular formula is C13H20N2O2. The van der Waals surface area contributed by atoms with Crippen molar-refractivity contribution in [3.8, 4) is 0 Å². The summed E-state index contributed by atoms with van der Waals surface area (Å²) >= 11 is 0. The van der Waals surface area contributed by atoms with Crippen LogP contribution in [0.15, 0.2) is 18.2 Å². The molecule has 0 fully saturated rings. The van der Waals surface area contributed by atoms with Gasteiger partial charge in [-0.3, -0.25) is 0 Å². The van der Waals surface area contributed by atoms with E-state index in [-0.39, 0.29) is 5.97 Å². The van der Waals surface area contributed by atoms with Crippen molar-refractivity contribution in [1.82, 2.24) is 0 Å². The van der Waals surface area contributed by atoms with Crippen molar-refractivity contribution >= 4 is 17.3 Å². The Labute approximate surface area is 102 Å². The summed E-state index contributed by atoms with van der Waals surface area (Å²) in [7, 11) is 0. The summed E-state index contributed by atoms with van der Waals surface area (Å²) in [6.07, 6.45) is 1.01. The standard InChI is InChI=1S/C13H20N2O2/c1-4-9(3)15-10-6-7-12(14)11(8-10)13(16)17-5-2/h6-9,15H,4-5,14H2,1-3H3. The van der Waals surface area contributed by atoms with Gasteiger partial charge >= 0.3 is 5.97 Å². The van der Waals surface area contributed by atoms with Crippen LogP contribution in [0.4, 0.5) is 11.4 Å². The quantitative estimate of drug-likeness (QED) is 0.609. The zero-order chi connectivity index (χ0) is 12.8. The van der Waals surface area contributed by atoms with Crippen molar-refractivity contribution in [2.45, 2.75) is 33.2 Å². The molecule has 1 unspecified atom stereocenters. The first-order valence-corrected chi connectivity index (χ1v) is 5.91. The zero-order valence-electron chi connectivity index (χ0n) is 10.6. The predicted octanol–water partition coefficient (Wildman–Crippen LogP) is 2.66. The van der Waals surface area contributed by atoms with Gasteiger partial charge in [0, 0.05) is 17.4 Å². The number of nitrogen functional groups attached to an aromatic ring is 1. The van der Waals surface area contributed by atoms with Gasteiger partial charge in [-0.2, -0.15) is 0 Å². The molecule has 0 saturated carbocycles. The minimum Gasteiger partial charge on any atom is -0.462 e. The number of hydrogen-bond donors (Lipinski definition) is 2. The summed E-state index contributed by atoms with van der Waals surface area (Å²) in [4.78, 5) is 11.6. The van der Waals surface area contributed by atoms with Crippen molar-refractivity contribution < 1.29 is 9.53 Å². The van der Waals surface area contributed by atoms with Crippen LogP contribution >= 0.6 is 0 Å². The minimum absolute atomic E-state index is 0.349. The van der Waals surface area contributed by atoms with Crippen molar-refractivity contribution in [3.63, 3.8) is 0 Å². The summed E-state index contributed by atoms with van der Waals surface area (Å²) in [5.41, 5.74) is 7.50. The van der Waals surface area contributed by atoms with Gasteiger partial charge in [-0.25, -0.2) is 4.79 Å². The van der Waals surface area contributed by atoms with Gasteiger partial charge in [0.05, 0.1) is 12.2 Å². The van der Waals surface area contributed by atoms with E-state index in [0.29, 0.717) is 23.9 Å². The number of carbonyl (C=O) groups is 1. The summed E-state index contributed by atoms with van der Waals surface area (Å²) < 4.78 is 4.95. The van der Waals surface area contributed by atoms with Gasteiger partial charge in [0.25, 0.3) is 0 Å². The van der Waals surface area contributed by atoms with Crippen LogP contribution < -0.4 is 11.1 Å². The molecule has 1 aromatic rings. The molecule has 1 atom stereocenters. The molecule has 3 N–H and O–H groups in total. The second-order valence-corrected chi connectivity index (χ2v) is 3.98. The van der Waals surface area contributed by atoms with Gasteiger partial charge in [0.1, 0.15) is 0 Å². The normalized spacial score (nSPS) is 11.9. The van der Waals surface area contributed by atoms with Gasteiger partial charge in [0.2, 0.25) is 0 Å². The van der Waals surface area contributed by atoms with Gasteiger partial charge in [-0.05, 0) is 38.5 Å². The van der Waals surface area contributed by atoms with E-state index in [1.54, 1.807) is 19.1 Å². The topological polar surface area (TPSA) is 64.3 Å². The Balaban J connectivity index is 2.90. The molecule has 4 heteroatoms. The van der Waals surface area contributed by atoms with Crippen LogP contribution in [0.5, 0.6) is 0 Å². The van der Waals surface area contributed by atoms with E-state index in [4.69, 9.17) is 10.5 Å². The second-order valence-electron chi connectivity index (χ2n) is 3.98. The lowest BCUT2D eigenvalue weighted by Gasteiger charge is -2.14. The molecule has 0 amide bonds. The van der Waals surface area contributed by atoms with Crippen molar-refractivity contribution in [1.29, 1.82) is 0 Å². The number of hydrogen-bond acceptors (Lipinski definition) is 4. The Morgan fingerprint density at radius 1 is 1.47 bits per heavy atom. The third-order valence-electron chi connectivity index (χ3n) is 2.57. The second kappa shape index (κ2) is 6.13. The van der Waals surface area contributed by atoms with Crippen molar-refractivity contribution in [3.05, 3.63) is 23.8 Å². The van der Waals surface area contributed by atoms with E-state index >= 15 is 0 Å². The zero-order valence-corrected chi connectivity index (χ0v) is 10.6. The fraction of sp³-hybridized carbons (Fsp3) is 0.462. The number of nitrogens with one attached hydrogen (secondary N) is 1. The molecular weight excluding hydrogens is 216 g/mol. The first kappa shape index (κ1) is 13.4. The molecule has 0 aromatic heterocycles. The molecule has 0 bridgehead atoms. The van der Waals surface area contributed by atoms with Crippen LogP contribution in [0.1, 0.15) is 37.6 Å².